The zero-order valence-electron chi connectivity index (χ0n) is 7.12. The minimum absolute atomic E-state index is 0.152. The molecule has 0 unspecified atom stereocenters. The van der Waals surface area contributed by atoms with Crippen molar-refractivity contribution in [1.29, 1.82) is 0 Å². The van der Waals surface area contributed by atoms with Crippen LogP contribution in [-0.4, -0.2) is 11.1 Å². The van der Waals surface area contributed by atoms with Gasteiger partial charge in [-0.2, -0.15) is 0 Å². The molecule has 0 heterocycles. The summed E-state index contributed by atoms with van der Waals surface area (Å²) in [6.45, 7) is 3.68. The number of rotatable bonds is 2. The van der Waals surface area contributed by atoms with Crippen LogP contribution in [0.25, 0.3) is 0 Å². The first-order chi connectivity index (χ1) is 5.61. The summed E-state index contributed by atoms with van der Waals surface area (Å²) >= 11 is 0. The minimum atomic E-state index is -0.670. The van der Waals surface area contributed by atoms with E-state index in [4.69, 9.17) is 10.8 Å². The fourth-order valence-electron chi connectivity index (χ4n) is 1.71. The molecule has 0 atom stereocenters. The van der Waals surface area contributed by atoms with E-state index in [1.165, 1.54) is 0 Å². The molecule has 3 nitrogen and oxygen atoms in total. The summed E-state index contributed by atoms with van der Waals surface area (Å²) < 4.78 is 0. The normalized spacial score (nSPS) is 29.7. The fourth-order valence-corrected chi connectivity index (χ4v) is 1.71. The number of aliphatic carboxylic acids is 1. The van der Waals surface area contributed by atoms with Crippen LogP contribution < -0.4 is 5.73 Å². The molecule has 68 valence electrons. The molecule has 0 aromatic rings. The summed E-state index contributed by atoms with van der Waals surface area (Å²) in [5.41, 5.74) is 6.25. The van der Waals surface area contributed by atoms with Crippen LogP contribution in [0.3, 0.4) is 0 Å². The first kappa shape index (κ1) is 9.10. The molecule has 1 aliphatic rings. The molecule has 0 spiro atoms. The third-order valence-corrected chi connectivity index (χ3v) is 2.60. The van der Waals surface area contributed by atoms with Gasteiger partial charge in [-0.25, -0.2) is 0 Å². The molecule has 1 rings (SSSR count). The molecular weight excluding hydrogens is 154 g/mol. The Morgan fingerprint density at radius 1 is 1.25 bits per heavy atom. The Balaban J connectivity index is 2.39. The van der Waals surface area contributed by atoms with Gasteiger partial charge >= 0.3 is 5.97 Å². The largest absolute Gasteiger partial charge is 0.481 e. The zero-order valence-corrected chi connectivity index (χ0v) is 7.12. The fraction of sp³-hybridized carbons (Fsp3) is 0.667. The summed E-state index contributed by atoms with van der Waals surface area (Å²) in [6.07, 6.45) is 3.26. The van der Waals surface area contributed by atoms with Gasteiger partial charge in [0, 0.05) is 5.70 Å². The number of allylic oxidation sites excluding steroid dienone is 1. The van der Waals surface area contributed by atoms with Gasteiger partial charge in [-0.1, -0.05) is 6.58 Å². The van der Waals surface area contributed by atoms with Gasteiger partial charge in [0.15, 0.2) is 0 Å². The molecule has 1 saturated carbocycles. The van der Waals surface area contributed by atoms with Crippen LogP contribution in [0.4, 0.5) is 0 Å². The van der Waals surface area contributed by atoms with Gasteiger partial charge in [0.2, 0.25) is 0 Å². The SMILES string of the molecule is C=C(N)[C@H]1CC[C@H](C(=O)O)CC1. The van der Waals surface area contributed by atoms with Gasteiger partial charge in [-0.3, -0.25) is 4.79 Å². The minimum Gasteiger partial charge on any atom is -0.481 e. The molecule has 0 amide bonds. The van der Waals surface area contributed by atoms with Crippen LogP contribution in [0.15, 0.2) is 12.3 Å². The Morgan fingerprint density at radius 3 is 2.00 bits per heavy atom. The first-order valence-corrected chi connectivity index (χ1v) is 4.28. The number of nitrogens with two attached hydrogens (primary N) is 1. The Bertz CT molecular complexity index is 171. The standard InChI is InChI=1S/C9H15NO2/c1-6(10)7-2-4-8(5-3-7)9(11)12/h7-8H,1-5,10H2,(H,11,12)/t7-,8-. The lowest BCUT2D eigenvalue weighted by atomic mass is 9.81. The quantitative estimate of drug-likeness (QED) is 0.655. The lowest BCUT2D eigenvalue weighted by molar-refractivity contribution is -0.143. The average Bonchev–Trinajstić information content (AvgIpc) is 2.04. The molecule has 0 aromatic carbocycles. The first-order valence-electron chi connectivity index (χ1n) is 4.28. The van der Waals surface area contributed by atoms with Crippen LogP contribution in [0.1, 0.15) is 25.7 Å². The molecule has 0 aromatic heterocycles. The summed E-state index contributed by atoms with van der Waals surface area (Å²) in [7, 11) is 0. The zero-order chi connectivity index (χ0) is 9.14. The Labute approximate surface area is 72.3 Å². The van der Waals surface area contributed by atoms with Gasteiger partial charge in [-0.15, -0.1) is 0 Å². The summed E-state index contributed by atoms with van der Waals surface area (Å²) in [4.78, 5) is 10.6. The molecule has 12 heavy (non-hydrogen) atoms. The Morgan fingerprint density at radius 2 is 1.67 bits per heavy atom. The van der Waals surface area contributed by atoms with E-state index in [0.717, 1.165) is 25.7 Å². The van der Waals surface area contributed by atoms with E-state index in [1.807, 2.05) is 0 Å². The molecule has 1 aliphatic carbocycles. The van der Waals surface area contributed by atoms with Crippen molar-refractivity contribution in [2.24, 2.45) is 17.6 Å². The smallest absolute Gasteiger partial charge is 0.306 e. The van der Waals surface area contributed by atoms with E-state index >= 15 is 0 Å². The van der Waals surface area contributed by atoms with E-state index in [-0.39, 0.29) is 5.92 Å². The van der Waals surface area contributed by atoms with Crippen LogP contribution in [0.2, 0.25) is 0 Å². The Hall–Kier alpha value is -0.990. The van der Waals surface area contributed by atoms with Gasteiger partial charge in [0.25, 0.3) is 0 Å². The van der Waals surface area contributed by atoms with Crippen molar-refractivity contribution in [1.82, 2.24) is 0 Å². The summed E-state index contributed by atoms with van der Waals surface area (Å²) in [6, 6.07) is 0. The van der Waals surface area contributed by atoms with Gasteiger partial charge < -0.3 is 10.8 Å². The van der Waals surface area contributed by atoms with Crippen LogP contribution in [0, 0.1) is 11.8 Å². The molecule has 0 radical (unpaired) electrons. The van der Waals surface area contributed by atoms with Crippen molar-refractivity contribution in [3.63, 3.8) is 0 Å². The van der Waals surface area contributed by atoms with Crippen molar-refractivity contribution in [2.45, 2.75) is 25.7 Å². The van der Waals surface area contributed by atoms with Crippen molar-refractivity contribution in [3.8, 4) is 0 Å². The highest BCUT2D eigenvalue weighted by Gasteiger charge is 2.26. The molecule has 3 N–H and O–H groups in total. The average molecular weight is 169 g/mol. The topological polar surface area (TPSA) is 63.3 Å². The van der Waals surface area contributed by atoms with Crippen LogP contribution in [-0.2, 0) is 4.79 Å². The number of carbonyl (C=O) groups is 1. The highest BCUT2D eigenvalue weighted by atomic mass is 16.4. The molecular formula is C9H15NO2. The maximum atomic E-state index is 10.6. The molecule has 1 fully saturated rings. The predicted octanol–water partition coefficient (Wildman–Crippen LogP) is 1.35. The second kappa shape index (κ2) is 3.61. The third kappa shape index (κ3) is 2.00. The highest BCUT2D eigenvalue weighted by molar-refractivity contribution is 5.70. The lowest BCUT2D eigenvalue weighted by Gasteiger charge is -2.25. The van der Waals surface area contributed by atoms with E-state index in [0.29, 0.717) is 11.6 Å². The van der Waals surface area contributed by atoms with E-state index < -0.39 is 5.97 Å². The second-order valence-corrected chi connectivity index (χ2v) is 3.46. The number of carboxylic acids is 1. The van der Waals surface area contributed by atoms with Gasteiger partial charge in [0.1, 0.15) is 0 Å². The number of hydrogen-bond donors (Lipinski definition) is 2. The van der Waals surface area contributed by atoms with E-state index in [1.54, 1.807) is 0 Å². The van der Waals surface area contributed by atoms with E-state index in [9.17, 15) is 4.79 Å². The third-order valence-electron chi connectivity index (χ3n) is 2.60. The highest BCUT2D eigenvalue weighted by Crippen LogP contribution is 2.30. The molecule has 3 heteroatoms. The Kier molecular flexibility index (Phi) is 2.74. The second-order valence-electron chi connectivity index (χ2n) is 3.46. The van der Waals surface area contributed by atoms with E-state index in [2.05, 4.69) is 6.58 Å². The number of hydrogen-bond acceptors (Lipinski definition) is 2. The van der Waals surface area contributed by atoms with Crippen molar-refractivity contribution < 1.29 is 9.90 Å². The molecule has 0 saturated heterocycles. The molecule has 0 aliphatic heterocycles. The maximum absolute atomic E-state index is 10.6. The van der Waals surface area contributed by atoms with Crippen LogP contribution >= 0.6 is 0 Å². The van der Waals surface area contributed by atoms with Crippen molar-refractivity contribution in [3.05, 3.63) is 12.3 Å². The maximum Gasteiger partial charge on any atom is 0.306 e. The lowest BCUT2D eigenvalue weighted by Crippen LogP contribution is -2.23. The van der Waals surface area contributed by atoms with Gasteiger partial charge in [0.05, 0.1) is 5.92 Å². The van der Waals surface area contributed by atoms with Crippen molar-refractivity contribution >= 4 is 5.97 Å². The van der Waals surface area contributed by atoms with Gasteiger partial charge in [-0.05, 0) is 31.6 Å². The summed E-state index contributed by atoms with van der Waals surface area (Å²) in [5, 5.41) is 8.71. The monoisotopic (exact) mass is 169 g/mol. The number of carboxylic acid groups (broad SMARTS) is 1. The predicted molar refractivity (Wildman–Crippen MR) is 46.4 cm³/mol. The molecule has 0 bridgehead atoms. The van der Waals surface area contributed by atoms with Crippen LogP contribution in [0.5, 0.6) is 0 Å². The van der Waals surface area contributed by atoms with Crippen molar-refractivity contribution in [2.75, 3.05) is 0 Å². The summed E-state index contributed by atoms with van der Waals surface area (Å²) in [5.74, 6) is -0.475.